The molecule has 0 unspecified atom stereocenters. The summed E-state index contributed by atoms with van der Waals surface area (Å²) >= 11 is 0.125. The average molecular weight is 289 g/mol. The van der Waals surface area contributed by atoms with Gasteiger partial charge >= 0.3 is 63.5 Å². The van der Waals surface area contributed by atoms with E-state index in [9.17, 15) is 0 Å². The van der Waals surface area contributed by atoms with Crippen molar-refractivity contribution in [3.8, 4) is 0 Å². The van der Waals surface area contributed by atoms with Gasteiger partial charge in [0.2, 0.25) is 0 Å². The standard InChI is InChI=1S/Ca.4ClH.O.Zr/h;4*1H;;/q;;;;;;+4/p-4. The third-order valence-corrected chi connectivity index (χ3v) is 0. The molecule has 0 N–H and O–H groups in total. The van der Waals surface area contributed by atoms with Crippen molar-refractivity contribution < 1.29 is 77.3 Å². The van der Waals surface area contributed by atoms with Crippen LogP contribution in [0.2, 0.25) is 0 Å². The molecule has 0 radical (unpaired) electrons. The molecule has 0 heterocycles. The first-order valence-electron chi connectivity index (χ1n) is 0.289. The van der Waals surface area contributed by atoms with Crippen LogP contribution in [-0.4, -0.2) is 35.9 Å². The van der Waals surface area contributed by atoms with Crippen molar-refractivity contribution >= 4 is 35.9 Å². The molecule has 0 aromatic heterocycles. The van der Waals surface area contributed by atoms with Crippen molar-refractivity contribution in [2.75, 3.05) is 0 Å². The third-order valence-electron chi connectivity index (χ3n) is 0. The van der Waals surface area contributed by atoms with E-state index in [0.29, 0.717) is 0 Å². The maximum atomic E-state index is 8.38. The average Bonchev–Trinajstić information content (AvgIpc) is 1.00. The van der Waals surface area contributed by atoms with Crippen LogP contribution in [0.4, 0.5) is 0 Å². The molecule has 0 aliphatic rings. The molecule has 0 spiro atoms. The van der Waals surface area contributed by atoms with Crippen molar-refractivity contribution in [1.82, 2.24) is 0 Å². The summed E-state index contributed by atoms with van der Waals surface area (Å²) in [7, 11) is 0. The van der Waals surface area contributed by atoms with Crippen molar-refractivity contribution in [1.29, 1.82) is 0 Å². The Bertz CT molecular complexity index is 11.7. The van der Waals surface area contributed by atoms with Gasteiger partial charge in [0.1, 0.15) is 0 Å². The molecular formula is CaCl4OZr. The first-order valence-corrected chi connectivity index (χ1v) is 1.19. The summed E-state index contributed by atoms with van der Waals surface area (Å²) in [5, 5.41) is 0. The Hall–Kier alpha value is 3.10. The Morgan fingerprint density at radius 3 is 0.714 bits per heavy atom. The summed E-state index contributed by atoms with van der Waals surface area (Å²) in [4.78, 5) is 0. The number of rotatable bonds is 0. The molecule has 0 saturated heterocycles. The monoisotopic (exact) mass is 286 g/mol. The molecule has 0 bridgehead atoms. The van der Waals surface area contributed by atoms with E-state index in [4.69, 9.17) is 1.43 Å². The molecule has 40 valence electrons. The molecule has 0 saturated carbocycles. The van der Waals surface area contributed by atoms with Gasteiger partial charge in [0, 0.05) is 0 Å². The van der Waals surface area contributed by atoms with Gasteiger partial charge < -0.3 is 49.6 Å². The van der Waals surface area contributed by atoms with Crippen molar-refractivity contribution in [2.24, 2.45) is 0 Å². The van der Waals surface area contributed by atoms with Crippen molar-refractivity contribution in [3.63, 3.8) is 0 Å². The van der Waals surface area contributed by atoms with Gasteiger partial charge in [-0.25, -0.2) is 0 Å². The van der Waals surface area contributed by atoms with Crippen LogP contribution in [0.1, 0.15) is 0 Å². The zero-order valence-corrected chi connectivity index (χ0v) is 10.8. The van der Waals surface area contributed by atoms with E-state index in [1.165, 1.54) is 0 Å². The fourth-order valence-corrected chi connectivity index (χ4v) is 0. The normalized spacial score (nSPS) is 0.857. The van der Waals surface area contributed by atoms with Gasteiger partial charge in [0.15, 0.2) is 0 Å². The van der Waals surface area contributed by atoms with Gasteiger partial charge in [-0.1, -0.05) is 0 Å². The molecule has 7 heteroatoms. The van der Waals surface area contributed by atoms with E-state index in [-0.39, 0.29) is 112 Å². The second kappa shape index (κ2) is 62.1. The smallest absolute Gasteiger partial charge is 4.00 e. The molecule has 0 atom stereocenters. The van der Waals surface area contributed by atoms with E-state index in [0.717, 1.165) is 0 Å². The zero-order valence-electron chi connectivity index (χ0n) is 3.13. The summed E-state index contributed by atoms with van der Waals surface area (Å²) < 4.78 is 8.38. The van der Waals surface area contributed by atoms with Crippen LogP contribution in [0.25, 0.3) is 0 Å². The fourth-order valence-electron chi connectivity index (χ4n) is 0. The van der Waals surface area contributed by atoms with Gasteiger partial charge in [-0.15, -0.1) is 0 Å². The summed E-state index contributed by atoms with van der Waals surface area (Å²) in [6.45, 7) is 0. The summed E-state index contributed by atoms with van der Waals surface area (Å²) in [6, 6.07) is 0. The second-order valence-electron chi connectivity index (χ2n) is 0. The molecule has 0 aliphatic carbocycles. The minimum atomic E-state index is 0. The quantitative estimate of drug-likeness (QED) is 0.405. The molecule has 0 aliphatic heterocycles. The fraction of sp³-hybridized carbons (Fsp3) is 0. The van der Waals surface area contributed by atoms with Crippen LogP contribution in [0, 0.1) is 0 Å². The van der Waals surface area contributed by atoms with E-state index in [1.807, 2.05) is 0 Å². The summed E-state index contributed by atoms with van der Waals surface area (Å²) in [6.07, 6.45) is 0. The molecule has 0 fully saturated rings. The number of halogens is 4. The van der Waals surface area contributed by atoms with Crippen molar-refractivity contribution in [3.05, 3.63) is 0 Å². The molecule has 0 rings (SSSR count). The molecule has 1 nitrogen and oxygen atoms in total. The van der Waals surface area contributed by atoms with Gasteiger partial charge in [0.05, 0.1) is 0 Å². The van der Waals surface area contributed by atoms with E-state index in [2.05, 4.69) is 0 Å². The van der Waals surface area contributed by atoms with Gasteiger partial charge in [-0.3, -0.25) is 0 Å². The SMILES string of the molecule is [Cl-].[Cl-].[Cl-].[Cl-].[O]=[Ca].[Zr+4]. The molecule has 7 heavy (non-hydrogen) atoms. The van der Waals surface area contributed by atoms with E-state index in [1.54, 1.807) is 0 Å². The summed E-state index contributed by atoms with van der Waals surface area (Å²) in [5.74, 6) is 0. The van der Waals surface area contributed by atoms with Gasteiger partial charge in [-0.2, -0.15) is 0 Å². The first kappa shape index (κ1) is 49.7. The molecule has 0 aromatic rings. The van der Waals surface area contributed by atoms with E-state index < -0.39 is 0 Å². The Morgan fingerprint density at radius 2 is 0.714 bits per heavy atom. The maximum absolute atomic E-state index is 8.38. The number of hydrogen-bond donors (Lipinski definition) is 0. The van der Waals surface area contributed by atoms with E-state index >= 15 is 0 Å². The minimum Gasteiger partial charge on any atom is 4.00 e. The summed E-state index contributed by atoms with van der Waals surface area (Å²) in [5.41, 5.74) is 0. The Labute approximate surface area is 111 Å². The van der Waals surface area contributed by atoms with Crippen LogP contribution in [0.15, 0.2) is 0 Å². The van der Waals surface area contributed by atoms with Crippen LogP contribution < -0.4 is 49.6 Å². The van der Waals surface area contributed by atoms with Crippen molar-refractivity contribution in [2.45, 2.75) is 0 Å². The minimum absolute atomic E-state index is 0. The predicted molar refractivity (Wildman–Crippen MR) is 6.44 cm³/mol. The topological polar surface area (TPSA) is 17.1 Å². The van der Waals surface area contributed by atoms with Crippen LogP contribution in [0.5, 0.6) is 0 Å². The van der Waals surface area contributed by atoms with Crippen LogP contribution in [-0.2, 0) is 27.6 Å². The Balaban J connectivity index is -0.000000000500. The first-order chi connectivity index (χ1) is 1.00. The van der Waals surface area contributed by atoms with Gasteiger partial charge in [0.25, 0.3) is 0 Å². The molecular weight excluding hydrogens is 289 g/mol. The zero-order chi connectivity index (χ0) is 2.00. The largest absolute Gasteiger partial charge is 4.00 e. The Kier molecular flexibility index (Phi) is 441. The third kappa shape index (κ3) is 47.7. The predicted octanol–water partition coefficient (Wildman–Crippen LogP) is -12.5. The van der Waals surface area contributed by atoms with Crippen LogP contribution in [0.3, 0.4) is 0 Å². The number of hydrogen-bond acceptors (Lipinski definition) is 1. The Morgan fingerprint density at radius 1 is 0.714 bits per heavy atom. The van der Waals surface area contributed by atoms with Gasteiger partial charge in [-0.05, 0) is 0 Å². The maximum Gasteiger partial charge on any atom is 4.00 e. The van der Waals surface area contributed by atoms with Crippen LogP contribution >= 0.6 is 0 Å². The molecule has 0 aromatic carbocycles. The second-order valence-corrected chi connectivity index (χ2v) is 0. The molecule has 0 amide bonds.